The first-order valence-electron chi connectivity index (χ1n) is 6.95. The van der Waals surface area contributed by atoms with Crippen LogP contribution in [0.3, 0.4) is 0 Å². The molecule has 22 heavy (non-hydrogen) atoms. The topological polar surface area (TPSA) is 74.5 Å². The van der Waals surface area contributed by atoms with Crippen LogP contribution in [0.5, 0.6) is 5.75 Å². The molecule has 0 aliphatic carbocycles. The summed E-state index contributed by atoms with van der Waals surface area (Å²) in [4.78, 5) is 15.9. The SMILES string of the molecule is CC/C=C(/C)C(=O)OCc1nc(-c2cccc(OC)c2)no1. The molecule has 1 aromatic carbocycles. The van der Waals surface area contributed by atoms with E-state index in [1.54, 1.807) is 26.2 Å². The fourth-order valence-corrected chi connectivity index (χ4v) is 1.82. The Bertz CT molecular complexity index is 676. The monoisotopic (exact) mass is 302 g/mol. The fraction of sp³-hybridized carbons (Fsp3) is 0.312. The van der Waals surface area contributed by atoms with Gasteiger partial charge < -0.3 is 14.0 Å². The maximum absolute atomic E-state index is 11.7. The van der Waals surface area contributed by atoms with Gasteiger partial charge in [-0.2, -0.15) is 4.98 Å². The van der Waals surface area contributed by atoms with Crippen molar-refractivity contribution in [1.29, 1.82) is 0 Å². The van der Waals surface area contributed by atoms with Crippen molar-refractivity contribution in [1.82, 2.24) is 10.1 Å². The minimum absolute atomic E-state index is 0.0509. The number of allylic oxidation sites excluding steroid dienone is 1. The zero-order valence-electron chi connectivity index (χ0n) is 12.8. The third-order valence-corrected chi connectivity index (χ3v) is 2.96. The van der Waals surface area contributed by atoms with Crippen molar-refractivity contribution in [2.45, 2.75) is 26.9 Å². The second kappa shape index (κ2) is 7.40. The molecule has 0 spiro atoms. The van der Waals surface area contributed by atoms with Crippen molar-refractivity contribution in [2.24, 2.45) is 0 Å². The number of carbonyl (C=O) groups is 1. The van der Waals surface area contributed by atoms with Gasteiger partial charge >= 0.3 is 5.97 Å². The number of methoxy groups -OCH3 is 1. The molecule has 0 aliphatic rings. The molecule has 0 saturated carbocycles. The Morgan fingerprint density at radius 3 is 2.95 bits per heavy atom. The van der Waals surface area contributed by atoms with Gasteiger partial charge in [-0.3, -0.25) is 0 Å². The predicted octanol–water partition coefficient (Wildman–Crippen LogP) is 3.14. The smallest absolute Gasteiger partial charge is 0.333 e. The molecule has 0 fully saturated rings. The molecule has 2 rings (SSSR count). The Balaban J connectivity index is 2.02. The highest BCUT2D eigenvalue weighted by molar-refractivity contribution is 5.87. The van der Waals surface area contributed by atoms with Crippen LogP contribution in [0, 0.1) is 0 Å². The molecule has 2 aromatic rings. The van der Waals surface area contributed by atoms with E-state index in [2.05, 4.69) is 10.1 Å². The molecule has 0 bridgehead atoms. The maximum atomic E-state index is 11.7. The van der Waals surface area contributed by atoms with Crippen LogP contribution >= 0.6 is 0 Å². The molecule has 6 heteroatoms. The number of ether oxygens (including phenoxy) is 2. The van der Waals surface area contributed by atoms with Crippen molar-refractivity contribution in [3.05, 3.63) is 41.8 Å². The van der Waals surface area contributed by atoms with E-state index in [1.165, 1.54) is 0 Å². The normalized spacial score (nSPS) is 11.3. The molecule has 0 amide bonds. The molecule has 0 radical (unpaired) electrons. The average molecular weight is 302 g/mol. The van der Waals surface area contributed by atoms with Crippen molar-refractivity contribution >= 4 is 5.97 Å². The highest BCUT2D eigenvalue weighted by Crippen LogP contribution is 2.21. The summed E-state index contributed by atoms with van der Waals surface area (Å²) in [7, 11) is 1.59. The standard InChI is InChI=1S/C16H18N2O4/c1-4-6-11(2)16(19)21-10-14-17-15(18-22-14)12-7-5-8-13(9-12)20-3/h5-9H,4,10H2,1-3H3/b11-6-. The van der Waals surface area contributed by atoms with E-state index in [4.69, 9.17) is 14.0 Å². The van der Waals surface area contributed by atoms with Crippen LogP contribution in [0.4, 0.5) is 0 Å². The molecule has 0 aliphatic heterocycles. The maximum Gasteiger partial charge on any atom is 0.333 e. The number of hydrogen-bond acceptors (Lipinski definition) is 6. The van der Waals surface area contributed by atoms with Crippen molar-refractivity contribution in [3.8, 4) is 17.1 Å². The van der Waals surface area contributed by atoms with Crippen LogP contribution in [0.25, 0.3) is 11.4 Å². The Labute approximate surface area is 128 Å². The molecular formula is C16H18N2O4. The van der Waals surface area contributed by atoms with Crippen LogP contribution in [0.1, 0.15) is 26.2 Å². The summed E-state index contributed by atoms with van der Waals surface area (Å²) in [5, 5.41) is 3.87. The Morgan fingerprint density at radius 1 is 1.41 bits per heavy atom. The van der Waals surface area contributed by atoms with Gasteiger partial charge in [-0.15, -0.1) is 0 Å². The van der Waals surface area contributed by atoms with Crippen LogP contribution in [-0.4, -0.2) is 23.2 Å². The van der Waals surface area contributed by atoms with Gasteiger partial charge in [0.1, 0.15) is 5.75 Å². The molecule has 0 atom stereocenters. The summed E-state index contributed by atoms with van der Waals surface area (Å²) in [6.45, 7) is 3.61. The molecule has 0 saturated heterocycles. The van der Waals surface area contributed by atoms with E-state index in [0.717, 1.165) is 12.0 Å². The van der Waals surface area contributed by atoms with Gasteiger partial charge in [0.2, 0.25) is 5.82 Å². The van der Waals surface area contributed by atoms with E-state index in [1.807, 2.05) is 25.1 Å². The van der Waals surface area contributed by atoms with Crippen LogP contribution in [-0.2, 0) is 16.1 Å². The third kappa shape index (κ3) is 3.94. The molecule has 1 heterocycles. The van der Waals surface area contributed by atoms with Gasteiger partial charge in [0.15, 0.2) is 6.61 Å². The van der Waals surface area contributed by atoms with E-state index in [0.29, 0.717) is 17.1 Å². The second-order valence-electron chi connectivity index (χ2n) is 4.62. The highest BCUT2D eigenvalue weighted by atomic mass is 16.6. The molecule has 6 nitrogen and oxygen atoms in total. The summed E-state index contributed by atoms with van der Waals surface area (Å²) in [5.74, 6) is 0.986. The van der Waals surface area contributed by atoms with Gasteiger partial charge in [-0.1, -0.05) is 30.3 Å². The van der Waals surface area contributed by atoms with E-state index >= 15 is 0 Å². The number of rotatable bonds is 6. The zero-order chi connectivity index (χ0) is 15.9. The van der Waals surface area contributed by atoms with Crippen molar-refractivity contribution < 1.29 is 18.8 Å². The first-order chi connectivity index (χ1) is 10.6. The van der Waals surface area contributed by atoms with Gasteiger partial charge in [-0.05, 0) is 25.5 Å². The number of nitrogens with zero attached hydrogens (tertiary/aromatic N) is 2. The number of carbonyl (C=O) groups excluding carboxylic acids is 1. The minimum Gasteiger partial charge on any atom is -0.497 e. The lowest BCUT2D eigenvalue weighted by Gasteiger charge is -2.01. The molecule has 0 N–H and O–H groups in total. The zero-order valence-corrected chi connectivity index (χ0v) is 12.8. The minimum atomic E-state index is -0.386. The lowest BCUT2D eigenvalue weighted by molar-refractivity contribution is -0.141. The third-order valence-electron chi connectivity index (χ3n) is 2.96. The molecule has 0 unspecified atom stereocenters. The van der Waals surface area contributed by atoms with Gasteiger partial charge in [0.05, 0.1) is 7.11 Å². The summed E-state index contributed by atoms with van der Waals surface area (Å²) in [6.07, 6.45) is 2.58. The Hall–Kier alpha value is -2.63. The summed E-state index contributed by atoms with van der Waals surface area (Å²) in [6, 6.07) is 7.31. The highest BCUT2D eigenvalue weighted by Gasteiger charge is 2.12. The van der Waals surface area contributed by atoms with Gasteiger partial charge in [-0.25, -0.2) is 4.79 Å². The first kappa shape index (κ1) is 15.8. The van der Waals surface area contributed by atoms with Gasteiger partial charge in [0, 0.05) is 11.1 Å². The largest absolute Gasteiger partial charge is 0.497 e. The lowest BCUT2D eigenvalue weighted by atomic mass is 10.2. The quantitative estimate of drug-likeness (QED) is 0.603. The van der Waals surface area contributed by atoms with Crippen molar-refractivity contribution in [2.75, 3.05) is 7.11 Å². The van der Waals surface area contributed by atoms with Crippen LogP contribution in [0.2, 0.25) is 0 Å². The van der Waals surface area contributed by atoms with E-state index in [9.17, 15) is 4.79 Å². The van der Waals surface area contributed by atoms with Crippen molar-refractivity contribution in [3.63, 3.8) is 0 Å². The first-order valence-corrected chi connectivity index (χ1v) is 6.95. The molecular weight excluding hydrogens is 284 g/mol. The van der Waals surface area contributed by atoms with E-state index < -0.39 is 0 Å². The van der Waals surface area contributed by atoms with Crippen LogP contribution < -0.4 is 4.74 Å². The number of aromatic nitrogens is 2. The van der Waals surface area contributed by atoms with Gasteiger partial charge in [0.25, 0.3) is 5.89 Å². The average Bonchev–Trinajstić information content (AvgIpc) is 3.02. The summed E-state index contributed by atoms with van der Waals surface area (Å²) >= 11 is 0. The predicted molar refractivity (Wildman–Crippen MR) is 80.1 cm³/mol. The summed E-state index contributed by atoms with van der Waals surface area (Å²) < 4.78 is 15.3. The number of esters is 1. The summed E-state index contributed by atoms with van der Waals surface area (Å²) in [5.41, 5.74) is 1.33. The Kier molecular flexibility index (Phi) is 5.30. The lowest BCUT2D eigenvalue weighted by Crippen LogP contribution is -2.06. The molecule has 1 aromatic heterocycles. The second-order valence-corrected chi connectivity index (χ2v) is 4.62. The Morgan fingerprint density at radius 2 is 2.23 bits per heavy atom. The molecule has 116 valence electrons. The fourth-order valence-electron chi connectivity index (χ4n) is 1.82. The van der Waals surface area contributed by atoms with E-state index in [-0.39, 0.29) is 18.5 Å². The van der Waals surface area contributed by atoms with Crippen LogP contribution in [0.15, 0.2) is 40.4 Å². The number of hydrogen-bond donors (Lipinski definition) is 0. The number of benzene rings is 1.